The maximum Gasteiger partial charge on any atom is 0.193 e. The van der Waals surface area contributed by atoms with Crippen molar-refractivity contribution >= 4 is 22.3 Å². The highest BCUT2D eigenvalue weighted by molar-refractivity contribution is 7.14. The van der Waals surface area contributed by atoms with Crippen molar-refractivity contribution in [3.63, 3.8) is 0 Å². The van der Waals surface area contributed by atoms with Gasteiger partial charge >= 0.3 is 0 Å². The lowest BCUT2D eigenvalue weighted by molar-refractivity contribution is 0.373. The van der Waals surface area contributed by atoms with E-state index in [1.807, 2.05) is 36.3 Å². The van der Waals surface area contributed by atoms with Crippen molar-refractivity contribution < 1.29 is 0 Å². The zero-order valence-corrected chi connectivity index (χ0v) is 15.3. The van der Waals surface area contributed by atoms with E-state index < -0.39 is 0 Å². The molecule has 1 saturated heterocycles. The molecule has 0 saturated carbocycles. The van der Waals surface area contributed by atoms with Crippen molar-refractivity contribution in [2.75, 3.05) is 44.7 Å². The van der Waals surface area contributed by atoms with Gasteiger partial charge in [-0.3, -0.25) is 9.67 Å². The van der Waals surface area contributed by atoms with Gasteiger partial charge in [-0.05, 0) is 35.9 Å². The number of aliphatic imine (C=N–C) groups is 1. The van der Waals surface area contributed by atoms with Crippen LogP contribution in [0.15, 0.2) is 34.9 Å². The molecule has 1 fully saturated rings. The average molecular weight is 347 g/mol. The second kappa shape index (κ2) is 8.19. The maximum absolute atomic E-state index is 4.45. The molecule has 1 aliphatic rings. The number of hydrogen-bond donors (Lipinski definition) is 1. The van der Waals surface area contributed by atoms with Crippen molar-refractivity contribution in [2.24, 2.45) is 12.0 Å². The molecular formula is C17H26N6S. The fraction of sp³-hybridized carbons (Fsp3) is 0.529. The largest absolute Gasteiger partial charge is 0.360 e. The number of aromatic nitrogens is 2. The molecule has 0 amide bonds. The number of thiophene rings is 1. The van der Waals surface area contributed by atoms with E-state index in [0.717, 1.165) is 51.5 Å². The first kappa shape index (κ1) is 16.8. The van der Waals surface area contributed by atoms with Crippen LogP contribution >= 0.6 is 11.3 Å². The van der Waals surface area contributed by atoms with Crippen LogP contribution in [0.2, 0.25) is 0 Å². The van der Waals surface area contributed by atoms with Crippen molar-refractivity contribution in [3.8, 4) is 0 Å². The number of anilines is 1. The number of guanidine groups is 1. The fourth-order valence-electron chi connectivity index (χ4n) is 3.01. The van der Waals surface area contributed by atoms with Gasteiger partial charge in [0.25, 0.3) is 0 Å². The summed E-state index contributed by atoms with van der Waals surface area (Å²) in [5.74, 6) is 1.02. The standard InChI is InChI=1S/C17H26N6S/c1-18-17(19-7-3-5-15-13-20-21(2)14-15)23-10-8-22(9-11-23)16-6-4-12-24-16/h4,6,12-14H,3,5,7-11H2,1-2H3,(H,18,19). The normalized spacial score (nSPS) is 15.8. The number of rotatable bonds is 5. The predicted octanol–water partition coefficient (Wildman–Crippen LogP) is 1.81. The van der Waals surface area contributed by atoms with Crippen molar-refractivity contribution in [1.29, 1.82) is 0 Å². The van der Waals surface area contributed by atoms with Gasteiger partial charge in [-0.2, -0.15) is 5.10 Å². The Morgan fingerprint density at radius 1 is 1.33 bits per heavy atom. The molecule has 1 aliphatic heterocycles. The Balaban J connectivity index is 1.40. The molecule has 0 radical (unpaired) electrons. The Labute approximate surface area is 147 Å². The minimum atomic E-state index is 0.937. The third kappa shape index (κ3) is 4.29. The van der Waals surface area contributed by atoms with Crippen LogP contribution in [0.5, 0.6) is 0 Å². The van der Waals surface area contributed by atoms with E-state index in [0.29, 0.717) is 0 Å². The van der Waals surface area contributed by atoms with Crippen LogP contribution in [0.4, 0.5) is 5.00 Å². The van der Waals surface area contributed by atoms with E-state index in [4.69, 9.17) is 0 Å². The molecule has 2 aromatic heterocycles. The van der Waals surface area contributed by atoms with Crippen molar-refractivity contribution in [1.82, 2.24) is 20.0 Å². The summed E-state index contributed by atoms with van der Waals surface area (Å²) in [7, 11) is 3.83. The second-order valence-corrected chi connectivity index (χ2v) is 6.95. The van der Waals surface area contributed by atoms with Crippen molar-refractivity contribution in [3.05, 3.63) is 35.5 Å². The van der Waals surface area contributed by atoms with Gasteiger partial charge in [0.1, 0.15) is 0 Å². The highest BCUT2D eigenvalue weighted by Crippen LogP contribution is 2.22. The molecule has 1 N–H and O–H groups in total. The molecule has 3 rings (SSSR count). The van der Waals surface area contributed by atoms with Crippen LogP contribution in [0.3, 0.4) is 0 Å². The SMILES string of the molecule is CN=C(NCCCc1cnn(C)c1)N1CCN(c2cccs2)CC1. The summed E-state index contributed by atoms with van der Waals surface area (Å²) in [5, 5.41) is 11.2. The van der Waals surface area contributed by atoms with E-state index in [2.05, 4.69) is 48.9 Å². The quantitative estimate of drug-likeness (QED) is 0.510. The van der Waals surface area contributed by atoms with Gasteiger partial charge in [0.2, 0.25) is 0 Å². The molecule has 130 valence electrons. The first-order valence-corrected chi connectivity index (χ1v) is 9.36. The lowest BCUT2D eigenvalue weighted by Gasteiger charge is -2.37. The fourth-order valence-corrected chi connectivity index (χ4v) is 3.80. The maximum atomic E-state index is 4.45. The van der Waals surface area contributed by atoms with Crippen LogP contribution in [0.25, 0.3) is 0 Å². The summed E-state index contributed by atoms with van der Waals surface area (Å²) in [6.07, 6.45) is 6.15. The molecule has 0 unspecified atom stereocenters. The minimum absolute atomic E-state index is 0.937. The predicted molar refractivity (Wildman–Crippen MR) is 101 cm³/mol. The van der Waals surface area contributed by atoms with Gasteiger partial charge in [0.05, 0.1) is 11.2 Å². The van der Waals surface area contributed by atoms with E-state index in [-0.39, 0.29) is 0 Å². The average Bonchev–Trinajstić information content (AvgIpc) is 3.27. The summed E-state index contributed by atoms with van der Waals surface area (Å²) in [4.78, 5) is 9.26. The number of nitrogens with zero attached hydrogens (tertiary/aromatic N) is 5. The monoisotopic (exact) mass is 346 g/mol. The van der Waals surface area contributed by atoms with Gasteiger partial charge in [-0.1, -0.05) is 0 Å². The Hall–Kier alpha value is -2.02. The summed E-state index contributed by atoms with van der Waals surface area (Å²) >= 11 is 1.82. The first-order valence-electron chi connectivity index (χ1n) is 8.48. The van der Waals surface area contributed by atoms with Crippen molar-refractivity contribution in [2.45, 2.75) is 12.8 Å². The number of aryl methyl sites for hydroxylation is 2. The van der Waals surface area contributed by atoms with Crippen LogP contribution in [-0.4, -0.2) is 60.4 Å². The molecule has 7 heteroatoms. The second-order valence-electron chi connectivity index (χ2n) is 6.03. The van der Waals surface area contributed by atoms with Crippen LogP contribution in [0, 0.1) is 0 Å². The Kier molecular flexibility index (Phi) is 5.74. The molecule has 3 heterocycles. The lowest BCUT2D eigenvalue weighted by atomic mass is 10.2. The zero-order valence-electron chi connectivity index (χ0n) is 14.5. The Morgan fingerprint density at radius 3 is 2.79 bits per heavy atom. The van der Waals surface area contributed by atoms with Gasteiger partial charge in [-0.25, -0.2) is 0 Å². The molecular weight excluding hydrogens is 320 g/mol. The molecule has 0 aliphatic carbocycles. The van der Waals surface area contributed by atoms with E-state index in [1.165, 1.54) is 10.6 Å². The summed E-state index contributed by atoms with van der Waals surface area (Å²) in [6.45, 7) is 5.07. The van der Waals surface area contributed by atoms with E-state index in [9.17, 15) is 0 Å². The molecule has 0 bridgehead atoms. The number of nitrogens with one attached hydrogen (secondary N) is 1. The van der Waals surface area contributed by atoms with Gasteiger partial charge in [0.15, 0.2) is 5.96 Å². The van der Waals surface area contributed by atoms with E-state index >= 15 is 0 Å². The topological polar surface area (TPSA) is 48.7 Å². The van der Waals surface area contributed by atoms with Crippen LogP contribution in [0.1, 0.15) is 12.0 Å². The molecule has 2 aromatic rings. The minimum Gasteiger partial charge on any atom is -0.360 e. The Bertz CT molecular complexity index is 640. The molecule has 0 aromatic carbocycles. The van der Waals surface area contributed by atoms with Crippen LogP contribution < -0.4 is 10.2 Å². The van der Waals surface area contributed by atoms with Gasteiger partial charge in [-0.15, -0.1) is 11.3 Å². The highest BCUT2D eigenvalue weighted by atomic mass is 32.1. The summed E-state index contributed by atoms with van der Waals surface area (Å²) < 4.78 is 1.86. The first-order chi connectivity index (χ1) is 11.8. The summed E-state index contributed by atoms with van der Waals surface area (Å²) in [5.41, 5.74) is 1.29. The van der Waals surface area contributed by atoms with Gasteiger partial charge in [0, 0.05) is 53.0 Å². The Morgan fingerprint density at radius 2 is 2.17 bits per heavy atom. The molecule has 0 spiro atoms. The third-order valence-corrected chi connectivity index (χ3v) is 5.22. The molecule has 24 heavy (non-hydrogen) atoms. The smallest absolute Gasteiger partial charge is 0.193 e. The molecule has 6 nitrogen and oxygen atoms in total. The zero-order chi connectivity index (χ0) is 16.8. The van der Waals surface area contributed by atoms with Crippen LogP contribution in [-0.2, 0) is 13.5 Å². The summed E-state index contributed by atoms with van der Waals surface area (Å²) in [6, 6.07) is 4.32. The number of hydrogen-bond acceptors (Lipinski definition) is 4. The molecule has 0 atom stereocenters. The van der Waals surface area contributed by atoms with Gasteiger partial charge < -0.3 is 15.1 Å². The third-order valence-electron chi connectivity index (χ3n) is 4.29. The lowest BCUT2D eigenvalue weighted by Crippen LogP contribution is -2.52. The number of piperazine rings is 1. The van der Waals surface area contributed by atoms with E-state index in [1.54, 1.807) is 0 Å². The highest BCUT2D eigenvalue weighted by Gasteiger charge is 2.19.